The number of Topliss-reactive ketones (excluding diaryl/α,β-unsaturated/α-hetero) is 1. The van der Waals surface area contributed by atoms with Gasteiger partial charge in [0, 0.05) is 24.1 Å². The van der Waals surface area contributed by atoms with Gasteiger partial charge in [0.2, 0.25) is 0 Å². The zero-order valence-electron chi connectivity index (χ0n) is 9.49. The van der Waals surface area contributed by atoms with Crippen LogP contribution in [0.4, 0.5) is 0 Å². The summed E-state index contributed by atoms with van der Waals surface area (Å²) < 4.78 is 5.36. The summed E-state index contributed by atoms with van der Waals surface area (Å²) in [4.78, 5) is 16.0. The number of aromatic nitrogens is 1. The summed E-state index contributed by atoms with van der Waals surface area (Å²) in [6.07, 6.45) is 1.97. The predicted molar refractivity (Wildman–Crippen MR) is 59.0 cm³/mol. The zero-order valence-corrected chi connectivity index (χ0v) is 9.49. The van der Waals surface area contributed by atoms with E-state index in [2.05, 4.69) is 4.98 Å². The first-order chi connectivity index (χ1) is 7.19. The van der Waals surface area contributed by atoms with Crippen LogP contribution >= 0.6 is 0 Å². The fraction of sp³-hybridized carbons (Fsp3) is 0.500. The molecule has 0 radical (unpaired) electrons. The van der Waals surface area contributed by atoms with Gasteiger partial charge < -0.3 is 4.74 Å². The third-order valence-corrected chi connectivity index (χ3v) is 2.23. The minimum Gasteiger partial charge on any atom is -0.370 e. The number of ether oxygens (including phenoxy) is 1. The number of ketones is 1. The zero-order chi connectivity index (χ0) is 11.3. The first-order valence-corrected chi connectivity index (χ1v) is 5.27. The number of aryl methyl sites for hydroxylation is 1. The molecule has 1 aromatic heterocycles. The van der Waals surface area contributed by atoms with Crippen LogP contribution in [0.3, 0.4) is 0 Å². The SMILES string of the molecule is CCOC(CC)C(=O)c1ccc(C)nc1. The lowest BCUT2D eigenvalue weighted by Crippen LogP contribution is -2.23. The average molecular weight is 207 g/mol. The molecule has 0 aromatic carbocycles. The summed E-state index contributed by atoms with van der Waals surface area (Å²) in [5.41, 5.74) is 1.54. The minimum atomic E-state index is -0.334. The van der Waals surface area contributed by atoms with Gasteiger partial charge in [0.1, 0.15) is 6.10 Å². The van der Waals surface area contributed by atoms with E-state index < -0.39 is 0 Å². The lowest BCUT2D eigenvalue weighted by atomic mass is 10.1. The Bertz CT molecular complexity index is 319. The largest absolute Gasteiger partial charge is 0.370 e. The summed E-state index contributed by atoms with van der Waals surface area (Å²) in [6, 6.07) is 3.64. The summed E-state index contributed by atoms with van der Waals surface area (Å²) >= 11 is 0. The molecule has 0 amide bonds. The Hall–Kier alpha value is -1.22. The van der Waals surface area contributed by atoms with Gasteiger partial charge in [0.15, 0.2) is 5.78 Å². The van der Waals surface area contributed by atoms with Gasteiger partial charge in [-0.05, 0) is 32.4 Å². The molecule has 0 bridgehead atoms. The van der Waals surface area contributed by atoms with Crippen molar-refractivity contribution in [2.45, 2.75) is 33.3 Å². The van der Waals surface area contributed by atoms with E-state index in [9.17, 15) is 4.79 Å². The molecule has 82 valence electrons. The Labute approximate surface area is 90.5 Å². The molecule has 1 aromatic rings. The van der Waals surface area contributed by atoms with Crippen LogP contribution < -0.4 is 0 Å². The first-order valence-electron chi connectivity index (χ1n) is 5.27. The monoisotopic (exact) mass is 207 g/mol. The average Bonchev–Trinajstić information content (AvgIpc) is 2.26. The van der Waals surface area contributed by atoms with Crippen molar-refractivity contribution in [3.63, 3.8) is 0 Å². The fourth-order valence-corrected chi connectivity index (χ4v) is 1.38. The first kappa shape index (κ1) is 11.9. The Kier molecular flexibility index (Phi) is 4.43. The lowest BCUT2D eigenvalue weighted by Gasteiger charge is -2.13. The van der Waals surface area contributed by atoms with Crippen molar-refractivity contribution in [1.29, 1.82) is 0 Å². The second-order valence-electron chi connectivity index (χ2n) is 3.40. The van der Waals surface area contributed by atoms with E-state index >= 15 is 0 Å². The molecule has 0 spiro atoms. The van der Waals surface area contributed by atoms with Gasteiger partial charge in [-0.2, -0.15) is 0 Å². The molecule has 0 saturated carbocycles. The van der Waals surface area contributed by atoms with Crippen molar-refractivity contribution in [2.75, 3.05) is 6.61 Å². The van der Waals surface area contributed by atoms with Crippen LogP contribution in [-0.4, -0.2) is 23.5 Å². The van der Waals surface area contributed by atoms with Gasteiger partial charge in [0.25, 0.3) is 0 Å². The summed E-state index contributed by atoms with van der Waals surface area (Å²) in [5.74, 6) is 0.0202. The third-order valence-electron chi connectivity index (χ3n) is 2.23. The van der Waals surface area contributed by atoms with Crippen LogP contribution in [0.1, 0.15) is 36.3 Å². The van der Waals surface area contributed by atoms with Gasteiger partial charge >= 0.3 is 0 Å². The van der Waals surface area contributed by atoms with Crippen LogP contribution in [0.2, 0.25) is 0 Å². The van der Waals surface area contributed by atoms with Gasteiger partial charge in [-0.1, -0.05) is 6.92 Å². The highest BCUT2D eigenvalue weighted by Gasteiger charge is 2.18. The summed E-state index contributed by atoms with van der Waals surface area (Å²) in [6.45, 7) is 6.29. The molecule has 15 heavy (non-hydrogen) atoms. The maximum atomic E-state index is 11.9. The third kappa shape index (κ3) is 3.13. The minimum absolute atomic E-state index is 0.0202. The van der Waals surface area contributed by atoms with E-state index in [1.165, 1.54) is 0 Å². The Morgan fingerprint density at radius 3 is 2.67 bits per heavy atom. The van der Waals surface area contributed by atoms with E-state index in [-0.39, 0.29) is 11.9 Å². The van der Waals surface area contributed by atoms with Crippen LogP contribution in [0.5, 0.6) is 0 Å². The van der Waals surface area contributed by atoms with Crippen LogP contribution in [-0.2, 0) is 4.74 Å². The van der Waals surface area contributed by atoms with Crippen molar-refractivity contribution in [2.24, 2.45) is 0 Å². The second kappa shape index (κ2) is 5.61. The second-order valence-corrected chi connectivity index (χ2v) is 3.40. The molecule has 1 unspecified atom stereocenters. The number of pyridine rings is 1. The van der Waals surface area contributed by atoms with Crippen molar-refractivity contribution in [1.82, 2.24) is 4.98 Å². The number of hydrogen-bond donors (Lipinski definition) is 0. The molecule has 3 nitrogen and oxygen atoms in total. The molecule has 3 heteroatoms. The molecule has 0 N–H and O–H groups in total. The number of carbonyl (C=O) groups excluding carboxylic acids is 1. The van der Waals surface area contributed by atoms with E-state index in [0.29, 0.717) is 18.6 Å². The maximum Gasteiger partial charge on any atom is 0.193 e. The summed E-state index contributed by atoms with van der Waals surface area (Å²) in [5, 5.41) is 0. The Morgan fingerprint density at radius 1 is 1.47 bits per heavy atom. The van der Waals surface area contributed by atoms with Crippen LogP contribution in [0.15, 0.2) is 18.3 Å². The number of rotatable bonds is 5. The normalized spacial score (nSPS) is 12.5. The predicted octanol–water partition coefficient (Wildman–Crippen LogP) is 2.39. The molecule has 0 saturated heterocycles. The number of nitrogens with zero attached hydrogens (tertiary/aromatic N) is 1. The molecule has 1 heterocycles. The molecule has 1 rings (SSSR count). The number of carbonyl (C=O) groups is 1. The highest BCUT2D eigenvalue weighted by Crippen LogP contribution is 2.09. The van der Waals surface area contributed by atoms with Crippen molar-refractivity contribution < 1.29 is 9.53 Å². The molecule has 0 aliphatic carbocycles. The number of hydrogen-bond acceptors (Lipinski definition) is 3. The summed E-state index contributed by atoms with van der Waals surface area (Å²) in [7, 11) is 0. The lowest BCUT2D eigenvalue weighted by molar-refractivity contribution is 0.0443. The molecule has 0 fully saturated rings. The fourth-order valence-electron chi connectivity index (χ4n) is 1.38. The van der Waals surface area contributed by atoms with E-state index in [1.54, 1.807) is 12.3 Å². The van der Waals surface area contributed by atoms with Crippen molar-refractivity contribution in [3.8, 4) is 0 Å². The molecule has 1 atom stereocenters. The highest BCUT2D eigenvalue weighted by atomic mass is 16.5. The Balaban J connectivity index is 2.78. The molecule has 0 aliphatic rings. The highest BCUT2D eigenvalue weighted by molar-refractivity contribution is 5.99. The molecule has 0 aliphatic heterocycles. The standard InChI is InChI=1S/C12H17NO2/c1-4-11(15-5-2)12(14)10-7-6-9(3)13-8-10/h6-8,11H,4-5H2,1-3H3. The van der Waals surface area contributed by atoms with Crippen molar-refractivity contribution in [3.05, 3.63) is 29.6 Å². The van der Waals surface area contributed by atoms with Crippen LogP contribution in [0, 0.1) is 6.92 Å². The topological polar surface area (TPSA) is 39.2 Å². The quantitative estimate of drug-likeness (QED) is 0.696. The van der Waals surface area contributed by atoms with E-state index in [1.807, 2.05) is 26.8 Å². The Morgan fingerprint density at radius 2 is 2.20 bits per heavy atom. The van der Waals surface area contributed by atoms with Gasteiger partial charge in [0.05, 0.1) is 0 Å². The van der Waals surface area contributed by atoms with Gasteiger partial charge in [-0.25, -0.2) is 0 Å². The van der Waals surface area contributed by atoms with Crippen LogP contribution in [0.25, 0.3) is 0 Å². The maximum absolute atomic E-state index is 11.9. The molecular formula is C12H17NO2. The van der Waals surface area contributed by atoms with E-state index in [4.69, 9.17) is 4.74 Å². The van der Waals surface area contributed by atoms with E-state index in [0.717, 1.165) is 5.69 Å². The van der Waals surface area contributed by atoms with Gasteiger partial charge in [-0.3, -0.25) is 9.78 Å². The van der Waals surface area contributed by atoms with Crippen molar-refractivity contribution >= 4 is 5.78 Å². The molecular weight excluding hydrogens is 190 g/mol. The van der Waals surface area contributed by atoms with Gasteiger partial charge in [-0.15, -0.1) is 0 Å². The smallest absolute Gasteiger partial charge is 0.193 e.